The number of nitrogens with two attached hydrogens (primary N) is 2. The number of aliphatic imine (C=N–C) groups is 1. The Morgan fingerprint density at radius 3 is 2.64 bits per heavy atom. The molecule has 14 heteroatoms. The van der Waals surface area contributed by atoms with Crippen LogP contribution in [0.2, 0.25) is 5.02 Å². The number of amides is 2. The molecule has 2 amide bonds. The fourth-order valence-electron chi connectivity index (χ4n) is 5.67. The van der Waals surface area contributed by atoms with E-state index in [0.717, 1.165) is 6.07 Å². The molecule has 1 aromatic heterocycles. The lowest BCUT2D eigenvalue weighted by molar-refractivity contribution is -0.123. The van der Waals surface area contributed by atoms with Gasteiger partial charge in [0.15, 0.2) is 5.79 Å². The Morgan fingerprint density at radius 1 is 1.24 bits per heavy atom. The fourth-order valence-corrected chi connectivity index (χ4v) is 5.89. The first-order valence-electron chi connectivity index (χ1n) is 15.4. The fraction of sp³-hybridized carbons (Fsp3) is 0.250. The number of alkyl halides is 1. The predicted octanol–water partition coefficient (Wildman–Crippen LogP) is 5.36. The van der Waals surface area contributed by atoms with Gasteiger partial charge < -0.3 is 31.4 Å². The zero-order valence-electron chi connectivity index (χ0n) is 26.9. The molecular weight excluding hydrogens is 670 g/mol. The van der Waals surface area contributed by atoms with Gasteiger partial charge in [0.1, 0.15) is 40.6 Å². The van der Waals surface area contributed by atoms with E-state index in [4.69, 9.17) is 44.1 Å². The van der Waals surface area contributed by atoms with E-state index >= 15 is 0 Å². The smallest absolute Gasteiger partial charge is 0.251 e. The lowest BCUT2D eigenvalue weighted by Gasteiger charge is -2.30. The first-order valence-corrected chi connectivity index (χ1v) is 15.7. The monoisotopic (exact) mass is 700 g/mol. The lowest BCUT2D eigenvalue weighted by atomic mass is 9.80. The summed E-state index contributed by atoms with van der Waals surface area (Å²) in [7, 11) is 1.36. The third-order valence-electron chi connectivity index (χ3n) is 8.95. The number of para-hydroxylation sites is 1. The van der Waals surface area contributed by atoms with Crippen LogP contribution in [0.5, 0.6) is 11.5 Å². The number of anilines is 1. The highest BCUT2D eigenvalue weighted by Gasteiger charge is 2.46. The van der Waals surface area contributed by atoms with Crippen molar-refractivity contribution in [1.29, 1.82) is 0 Å². The standard InChI is InChI=1S/C36H31ClF2N6O5/c1-34(33(41)47)18-50-31-24(34)15-27(45-30(31)23-8-5-9-25(37)29(23)42-2)36(48,21-6-4-7-22(38)14-21)17-43-32(46)19-12-20(16-44-35(39)10-11-35)28(40)26(13-19)49-3/h4-9,12-16,48H,10-11,17-18,40H2,1,3H3,(H2,41,47)(H,43,46)/b44-16+/t34-,36?/m0/s1. The lowest BCUT2D eigenvalue weighted by Crippen LogP contribution is -2.43. The summed E-state index contributed by atoms with van der Waals surface area (Å²) in [6.45, 7) is 8.62. The molecule has 0 saturated heterocycles. The molecule has 6 rings (SSSR count). The summed E-state index contributed by atoms with van der Waals surface area (Å²) in [5.41, 5.74) is 9.32. The molecule has 1 fully saturated rings. The second-order valence-corrected chi connectivity index (χ2v) is 12.8. The molecule has 11 nitrogen and oxygen atoms in total. The van der Waals surface area contributed by atoms with E-state index in [1.54, 1.807) is 19.1 Å². The van der Waals surface area contributed by atoms with Gasteiger partial charge >= 0.3 is 0 Å². The van der Waals surface area contributed by atoms with Gasteiger partial charge in [-0.15, -0.1) is 0 Å². The molecule has 0 radical (unpaired) electrons. The molecule has 3 aromatic carbocycles. The molecule has 0 spiro atoms. The number of aliphatic hydroxyl groups is 1. The molecule has 50 heavy (non-hydrogen) atoms. The number of rotatable bonds is 10. The average Bonchev–Trinajstić information content (AvgIpc) is 3.74. The van der Waals surface area contributed by atoms with Crippen molar-refractivity contribution in [3.05, 3.63) is 111 Å². The first kappa shape index (κ1) is 34.3. The van der Waals surface area contributed by atoms with Crippen LogP contribution in [0, 0.1) is 12.4 Å². The van der Waals surface area contributed by atoms with Crippen molar-refractivity contribution in [3.8, 4) is 22.8 Å². The molecule has 2 aliphatic rings. The number of nitrogens with one attached hydrogen (secondary N) is 1. The van der Waals surface area contributed by atoms with Gasteiger partial charge in [0.05, 0.1) is 31.6 Å². The molecule has 1 aliphatic heterocycles. The van der Waals surface area contributed by atoms with E-state index in [1.807, 2.05) is 0 Å². The van der Waals surface area contributed by atoms with Gasteiger partial charge in [-0.05, 0) is 42.8 Å². The molecule has 2 heterocycles. The summed E-state index contributed by atoms with van der Waals surface area (Å²) in [6.07, 6.45) is 1.80. The minimum Gasteiger partial charge on any atom is -0.495 e. The maximum absolute atomic E-state index is 14.7. The zero-order chi connectivity index (χ0) is 36.0. The number of halogens is 3. The Labute approximate surface area is 290 Å². The van der Waals surface area contributed by atoms with Crippen LogP contribution in [0.1, 0.15) is 52.5 Å². The number of pyridine rings is 1. The molecule has 1 aliphatic carbocycles. The molecular formula is C36H31ClF2N6O5. The molecule has 4 aromatic rings. The maximum Gasteiger partial charge on any atom is 0.251 e. The Hall–Kier alpha value is -5.58. The van der Waals surface area contributed by atoms with Crippen LogP contribution >= 0.6 is 11.6 Å². The number of hydrogen-bond acceptors (Lipinski definition) is 8. The largest absolute Gasteiger partial charge is 0.495 e. The molecule has 2 atom stereocenters. The van der Waals surface area contributed by atoms with Gasteiger partial charge in [-0.25, -0.2) is 18.6 Å². The van der Waals surface area contributed by atoms with E-state index in [2.05, 4.69) is 15.2 Å². The van der Waals surface area contributed by atoms with Crippen LogP contribution in [-0.4, -0.2) is 54.2 Å². The zero-order valence-corrected chi connectivity index (χ0v) is 27.6. The number of methoxy groups -OCH3 is 1. The van der Waals surface area contributed by atoms with Crippen LogP contribution in [0.4, 0.5) is 20.2 Å². The number of primary amides is 1. The van der Waals surface area contributed by atoms with Gasteiger partial charge in [-0.3, -0.25) is 14.6 Å². The second kappa shape index (κ2) is 12.7. The van der Waals surface area contributed by atoms with Crippen molar-refractivity contribution < 1.29 is 33.0 Å². The van der Waals surface area contributed by atoms with Crippen LogP contribution in [0.3, 0.4) is 0 Å². The van der Waals surface area contributed by atoms with Crippen LogP contribution in [-0.2, 0) is 15.8 Å². The number of fused-ring (bicyclic) bond motifs is 1. The number of carbonyl (C=O) groups is 2. The van der Waals surface area contributed by atoms with Crippen LogP contribution in [0.25, 0.3) is 16.1 Å². The van der Waals surface area contributed by atoms with Gasteiger partial charge in [0, 0.05) is 46.3 Å². The first-order chi connectivity index (χ1) is 23.7. The quantitative estimate of drug-likeness (QED) is 0.0748. The van der Waals surface area contributed by atoms with Gasteiger partial charge in [0.2, 0.25) is 11.6 Å². The number of aromatic nitrogens is 1. The number of carbonyl (C=O) groups excluding carboxylic acids is 2. The molecule has 256 valence electrons. The molecule has 1 unspecified atom stereocenters. The topological polar surface area (TPSA) is 167 Å². The third-order valence-corrected chi connectivity index (χ3v) is 9.26. The Morgan fingerprint density at radius 2 is 1.98 bits per heavy atom. The number of nitrogens with zero attached hydrogens (tertiary/aromatic N) is 3. The summed E-state index contributed by atoms with van der Waals surface area (Å²) >= 11 is 6.37. The third kappa shape index (κ3) is 6.08. The number of nitrogen functional groups attached to an aromatic ring is 1. The van der Waals surface area contributed by atoms with Gasteiger partial charge in [-0.1, -0.05) is 41.9 Å². The van der Waals surface area contributed by atoms with E-state index in [1.165, 1.54) is 55.8 Å². The molecule has 1 saturated carbocycles. The highest BCUT2D eigenvalue weighted by atomic mass is 35.5. The predicted molar refractivity (Wildman–Crippen MR) is 183 cm³/mol. The summed E-state index contributed by atoms with van der Waals surface area (Å²) in [5, 5.41) is 15.4. The average molecular weight is 701 g/mol. The number of benzene rings is 3. The van der Waals surface area contributed by atoms with Crippen molar-refractivity contribution >= 4 is 41.0 Å². The Bertz CT molecular complexity index is 2130. The minimum absolute atomic E-state index is 0.00720. The van der Waals surface area contributed by atoms with Crippen LogP contribution < -0.4 is 26.3 Å². The Balaban J connectivity index is 1.48. The second-order valence-electron chi connectivity index (χ2n) is 12.4. The van der Waals surface area contributed by atoms with Crippen molar-refractivity contribution in [3.63, 3.8) is 0 Å². The summed E-state index contributed by atoms with van der Waals surface area (Å²) in [4.78, 5) is 38.7. The summed E-state index contributed by atoms with van der Waals surface area (Å²) in [6, 6.07) is 14.0. The SMILES string of the molecule is [C-]#[N+]c1c(Cl)cccc1-c1nc(C(O)(CNC(=O)c2cc(/C=N/C3(F)CC3)c(N)c(OC)c2)c2cccc(F)c2)cc2c1OC[C@]2(C)C(N)=O. The summed E-state index contributed by atoms with van der Waals surface area (Å²) < 4.78 is 40.3. The number of ether oxygens (including phenoxy) is 2. The number of hydrogen-bond donors (Lipinski definition) is 4. The molecule has 6 N–H and O–H groups in total. The van der Waals surface area contributed by atoms with E-state index < -0.39 is 41.0 Å². The van der Waals surface area contributed by atoms with Crippen LogP contribution in [0.15, 0.2) is 65.7 Å². The van der Waals surface area contributed by atoms with Crippen molar-refractivity contribution in [2.75, 3.05) is 26.0 Å². The highest BCUT2D eigenvalue weighted by Crippen LogP contribution is 2.49. The van der Waals surface area contributed by atoms with Crippen molar-refractivity contribution in [2.24, 2.45) is 10.7 Å². The Kier molecular flexibility index (Phi) is 8.71. The summed E-state index contributed by atoms with van der Waals surface area (Å²) in [5.74, 6) is -3.50. The van der Waals surface area contributed by atoms with E-state index in [9.17, 15) is 23.5 Å². The maximum atomic E-state index is 14.7. The van der Waals surface area contributed by atoms with Gasteiger partial charge in [0.25, 0.3) is 5.91 Å². The highest BCUT2D eigenvalue weighted by molar-refractivity contribution is 6.34. The van der Waals surface area contributed by atoms with Crippen molar-refractivity contribution in [2.45, 2.75) is 36.6 Å². The van der Waals surface area contributed by atoms with Gasteiger partial charge in [-0.2, -0.15) is 0 Å². The minimum atomic E-state index is -2.24. The van der Waals surface area contributed by atoms with E-state index in [-0.39, 0.29) is 86.6 Å². The molecule has 0 bridgehead atoms. The van der Waals surface area contributed by atoms with E-state index in [0.29, 0.717) is 0 Å². The normalized spacial score (nSPS) is 18.4. The van der Waals surface area contributed by atoms with Crippen molar-refractivity contribution in [1.82, 2.24) is 10.3 Å².